The van der Waals surface area contributed by atoms with Gasteiger partial charge in [0.05, 0.1) is 11.1 Å². The van der Waals surface area contributed by atoms with Crippen LogP contribution in [-0.2, 0) is 11.2 Å². The van der Waals surface area contributed by atoms with Crippen molar-refractivity contribution in [2.24, 2.45) is 0 Å². The Hall–Kier alpha value is -3.10. The van der Waals surface area contributed by atoms with Crippen molar-refractivity contribution in [3.63, 3.8) is 0 Å². The minimum absolute atomic E-state index is 0.0178. The van der Waals surface area contributed by atoms with Crippen LogP contribution in [-0.4, -0.2) is 41.4 Å². The van der Waals surface area contributed by atoms with Gasteiger partial charge in [0, 0.05) is 17.5 Å². The second kappa shape index (κ2) is 9.58. The average Bonchev–Trinajstić information content (AvgIpc) is 3.28. The molecule has 2 aromatic heterocycles. The Balaban J connectivity index is 1.20. The average molecular weight is 464 g/mol. The van der Waals surface area contributed by atoms with Crippen LogP contribution >= 0.6 is 23.1 Å². The first-order valence-corrected chi connectivity index (χ1v) is 12.2. The van der Waals surface area contributed by atoms with Crippen LogP contribution < -0.4 is 14.8 Å². The molecule has 1 amide bonds. The second-order valence-electron chi connectivity index (χ2n) is 7.24. The Bertz CT molecular complexity index is 1240. The molecular formula is C24H21N3O3S2. The van der Waals surface area contributed by atoms with Gasteiger partial charge >= 0.3 is 0 Å². The maximum absolute atomic E-state index is 12.5. The van der Waals surface area contributed by atoms with E-state index in [1.807, 2.05) is 36.4 Å². The number of thiophene rings is 1. The Morgan fingerprint density at radius 3 is 2.78 bits per heavy atom. The van der Waals surface area contributed by atoms with Gasteiger partial charge in [-0.05, 0) is 29.7 Å². The van der Waals surface area contributed by atoms with E-state index in [1.165, 1.54) is 11.8 Å². The molecule has 5 rings (SSSR count). The largest absolute Gasteiger partial charge is 0.486 e. The smallest absolute Gasteiger partial charge is 0.230 e. The van der Waals surface area contributed by atoms with E-state index in [-0.39, 0.29) is 5.91 Å². The lowest BCUT2D eigenvalue weighted by Crippen LogP contribution is -2.27. The number of rotatable bonds is 7. The number of ether oxygens (including phenoxy) is 2. The van der Waals surface area contributed by atoms with Gasteiger partial charge in [-0.1, -0.05) is 48.2 Å². The molecule has 0 spiro atoms. The molecule has 1 aliphatic heterocycles. The van der Waals surface area contributed by atoms with Gasteiger partial charge in [0.1, 0.15) is 29.4 Å². The molecule has 1 aliphatic rings. The highest BCUT2D eigenvalue weighted by Gasteiger charge is 2.15. The molecule has 0 radical (unpaired) electrons. The van der Waals surface area contributed by atoms with Gasteiger partial charge in [0.25, 0.3) is 0 Å². The summed E-state index contributed by atoms with van der Waals surface area (Å²) in [4.78, 5) is 22.2. The van der Waals surface area contributed by atoms with Gasteiger partial charge in [-0.2, -0.15) is 0 Å². The van der Waals surface area contributed by atoms with Gasteiger partial charge in [0.15, 0.2) is 11.5 Å². The standard InChI is InChI=1S/C24H21N3O3S2/c28-21(25-9-8-16-6-7-19-20(12-16)30-11-10-29-19)14-32-24-22-18(17-4-2-1-3-5-17)13-31-23(22)26-15-27-24/h1-7,12-13,15H,8-11,14H2,(H,25,28). The molecule has 0 saturated carbocycles. The van der Waals surface area contributed by atoms with Gasteiger partial charge in [-0.25, -0.2) is 9.97 Å². The van der Waals surface area contributed by atoms with Gasteiger partial charge in [-0.15, -0.1) is 11.3 Å². The first kappa shape index (κ1) is 20.8. The monoisotopic (exact) mass is 463 g/mol. The van der Waals surface area contributed by atoms with E-state index in [1.54, 1.807) is 17.7 Å². The summed E-state index contributed by atoms with van der Waals surface area (Å²) in [6.45, 7) is 1.71. The zero-order chi connectivity index (χ0) is 21.8. The van der Waals surface area contributed by atoms with Crippen molar-refractivity contribution in [1.82, 2.24) is 15.3 Å². The van der Waals surface area contributed by atoms with E-state index < -0.39 is 0 Å². The summed E-state index contributed by atoms with van der Waals surface area (Å²) in [5.41, 5.74) is 3.33. The quantitative estimate of drug-likeness (QED) is 0.319. The van der Waals surface area contributed by atoms with Gasteiger partial charge in [-0.3, -0.25) is 4.79 Å². The molecule has 0 bridgehead atoms. The maximum Gasteiger partial charge on any atom is 0.230 e. The van der Waals surface area contributed by atoms with E-state index in [2.05, 4.69) is 32.8 Å². The molecule has 0 atom stereocenters. The Kier molecular flexibility index (Phi) is 6.22. The predicted molar refractivity (Wildman–Crippen MR) is 128 cm³/mol. The summed E-state index contributed by atoms with van der Waals surface area (Å²) in [6, 6.07) is 16.1. The van der Waals surface area contributed by atoms with Crippen molar-refractivity contribution >= 4 is 39.2 Å². The predicted octanol–water partition coefficient (Wildman–Crippen LogP) is 4.58. The molecule has 32 heavy (non-hydrogen) atoms. The van der Waals surface area contributed by atoms with Crippen LogP contribution in [0.3, 0.4) is 0 Å². The van der Waals surface area contributed by atoms with Crippen LogP contribution in [0.15, 0.2) is 65.3 Å². The molecule has 0 fully saturated rings. The number of aromatic nitrogens is 2. The van der Waals surface area contributed by atoms with Crippen molar-refractivity contribution in [2.45, 2.75) is 11.4 Å². The minimum Gasteiger partial charge on any atom is -0.486 e. The fourth-order valence-corrected chi connectivity index (χ4v) is 5.38. The summed E-state index contributed by atoms with van der Waals surface area (Å²) >= 11 is 3.04. The summed E-state index contributed by atoms with van der Waals surface area (Å²) in [6.07, 6.45) is 2.29. The zero-order valence-electron chi connectivity index (χ0n) is 17.2. The zero-order valence-corrected chi connectivity index (χ0v) is 18.9. The van der Waals surface area contributed by atoms with E-state index in [0.717, 1.165) is 49.9 Å². The third-order valence-corrected chi connectivity index (χ3v) is 6.98. The fraction of sp³-hybridized carbons (Fsp3) is 0.208. The summed E-state index contributed by atoms with van der Waals surface area (Å²) in [5.74, 6) is 1.83. The lowest BCUT2D eigenvalue weighted by atomic mass is 10.1. The van der Waals surface area contributed by atoms with E-state index in [0.29, 0.717) is 25.5 Å². The van der Waals surface area contributed by atoms with Gasteiger partial charge < -0.3 is 14.8 Å². The fourth-order valence-electron chi connectivity index (χ4n) is 3.56. The number of hydrogen-bond donors (Lipinski definition) is 1. The lowest BCUT2D eigenvalue weighted by molar-refractivity contribution is -0.118. The molecular weight excluding hydrogens is 442 g/mol. The number of carbonyl (C=O) groups excluding carboxylic acids is 1. The Morgan fingerprint density at radius 2 is 1.91 bits per heavy atom. The number of amides is 1. The normalized spacial score (nSPS) is 12.6. The number of fused-ring (bicyclic) bond motifs is 2. The van der Waals surface area contributed by atoms with Gasteiger partial charge in [0.2, 0.25) is 5.91 Å². The molecule has 162 valence electrons. The van der Waals surface area contributed by atoms with E-state index in [4.69, 9.17) is 9.47 Å². The summed E-state index contributed by atoms with van der Waals surface area (Å²) in [5, 5.41) is 6.94. The number of thioether (sulfide) groups is 1. The molecule has 4 aromatic rings. The van der Waals surface area contributed by atoms with Crippen molar-refractivity contribution in [3.8, 4) is 22.6 Å². The van der Waals surface area contributed by atoms with E-state index >= 15 is 0 Å². The number of nitrogens with zero attached hydrogens (tertiary/aromatic N) is 2. The van der Waals surface area contributed by atoms with Crippen LogP contribution in [0, 0.1) is 0 Å². The van der Waals surface area contributed by atoms with Crippen LogP contribution in [0.5, 0.6) is 11.5 Å². The van der Waals surface area contributed by atoms with Crippen LogP contribution in [0.4, 0.5) is 0 Å². The lowest BCUT2D eigenvalue weighted by Gasteiger charge is -2.18. The van der Waals surface area contributed by atoms with E-state index in [9.17, 15) is 4.79 Å². The molecule has 2 aromatic carbocycles. The highest BCUT2D eigenvalue weighted by Crippen LogP contribution is 2.37. The first-order chi connectivity index (χ1) is 15.8. The van der Waals surface area contributed by atoms with Crippen LogP contribution in [0.2, 0.25) is 0 Å². The molecule has 3 heterocycles. The third kappa shape index (κ3) is 4.56. The highest BCUT2D eigenvalue weighted by molar-refractivity contribution is 8.00. The van der Waals surface area contributed by atoms with Crippen molar-refractivity contribution in [1.29, 1.82) is 0 Å². The minimum atomic E-state index is -0.0178. The third-order valence-electron chi connectivity index (χ3n) is 5.10. The number of nitrogens with one attached hydrogen (secondary N) is 1. The molecule has 6 nitrogen and oxygen atoms in total. The number of hydrogen-bond acceptors (Lipinski definition) is 7. The molecule has 0 unspecified atom stereocenters. The molecule has 8 heteroatoms. The SMILES string of the molecule is O=C(CSc1ncnc2scc(-c3ccccc3)c12)NCCc1ccc2c(c1)OCCO2. The summed E-state index contributed by atoms with van der Waals surface area (Å²) in [7, 11) is 0. The first-order valence-electron chi connectivity index (χ1n) is 10.3. The van der Waals surface area contributed by atoms with Crippen LogP contribution in [0.1, 0.15) is 5.56 Å². The van der Waals surface area contributed by atoms with Crippen LogP contribution in [0.25, 0.3) is 21.3 Å². The Morgan fingerprint density at radius 1 is 1.06 bits per heavy atom. The molecule has 0 saturated heterocycles. The molecule has 1 N–H and O–H groups in total. The molecule has 0 aliphatic carbocycles. The second-order valence-corrected chi connectivity index (χ2v) is 9.06. The number of carbonyl (C=O) groups is 1. The Labute approximate surface area is 194 Å². The van der Waals surface area contributed by atoms with Crippen molar-refractivity contribution in [3.05, 3.63) is 65.8 Å². The number of benzene rings is 2. The summed E-state index contributed by atoms with van der Waals surface area (Å²) < 4.78 is 11.2. The maximum atomic E-state index is 12.5. The topological polar surface area (TPSA) is 73.3 Å². The highest BCUT2D eigenvalue weighted by atomic mass is 32.2. The van der Waals surface area contributed by atoms with Crippen molar-refractivity contribution < 1.29 is 14.3 Å². The van der Waals surface area contributed by atoms with Crippen molar-refractivity contribution in [2.75, 3.05) is 25.5 Å².